The van der Waals surface area contributed by atoms with Gasteiger partial charge >= 0.3 is 17.3 Å². The van der Waals surface area contributed by atoms with Crippen molar-refractivity contribution < 1.29 is 14.6 Å². The number of halogens is 1. The zero-order chi connectivity index (χ0) is 23.4. The number of rotatable bonds is 9. The van der Waals surface area contributed by atoms with Gasteiger partial charge in [0.05, 0.1) is 25.3 Å². The first kappa shape index (κ1) is 22.6. The first-order chi connectivity index (χ1) is 15.9. The summed E-state index contributed by atoms with van der Waals surface area (Å²) in [7, 11) is 0. The van der Waals surface area contributed by atoms with Gasteiger partial charge in [-0.1, -0.05) is 23.7 Å². The molecule has 0 aliphatic heterocycles. The number of carboxylic acids is 1. The van der Waals surface area contributed by atoms with Gasteiger partial charge in [0.1, 0.15) is 5.75 Å². The van der Waals surface area contributed by atoms with E-state index in [0.29, 0.717) is 23.2 Å². The second kappa shape index (κ2) is 9.91. The molecule has 10 heteroatoms. The SMILES string of the molecule is O=C(O)CCn1c(=O)[nH]/c(=N\c2ccc(OCC3CC3)cc2)n(Cc2ccc(Cl)cc2)c1=O. The number of benzene rings is 2. The van der Waals surface area contributed by atoms with Crippen LogP contribution in [0.2, 0.25) is 5.02 Å². The quantitative estimate of drug-likeness (QED) is 0.498. The van der Waals surface area contributed by atoms with E-state index in [2.05, 4.69) is 9.98 Å². The average molecular weight is 471 g/mol. The zero-order valence-electron chi connectivity index (χ0n) is 17.7. The summed E-state index contributed by atoms with van der Waals surface area (Å²) in [6, 6.07) is 14.0. The second-order valence-corrected chi connectivity index (χ2v) is 8.34. The number of ether oxygens (including phenoxy) is 1. The molecule has 0 saturated heterocycles. The Morgan fingerprint density at radius 1 is 1.09 bits per heavy atom. The summed E-state index contributed by atoms with van der Waals surface area (Å²) in [4.78, 5) is 43.6. The number of carboxylic acid groups (broad SMARTS) is 1. The third-order valence-corrected chi connectivity index (χ3v) is 5.49. The van der Waals surface area contributed by atoms with Gasteiger partial charge in [-0.05, 0) is 60.7 Å². The molecule has 1 aromatic heterocycles. The maximum absolute atomic E-state index is 13.1. The molecule has 0 unspecified atom stereocenters. The highest BCUT2D eigenvalue weighted by molar-refractivity contribution is 6.30. The summed E-state index contributed by atoms with van der Waals surface area (Å²) in [5.74, 6) is 0.259. The molecule has 0 atom stereocenters. The Bertz CT molecular complexity index is 1320. The molecular weight excluding hydrogens is 448 g/mol. The minimum absolute atomic E-state index is 0.0539. The highest BCUT2D eigenvalue weighted by Gasteiger charge is 2.21. The molecule has 172 valence electrons. The fraction of sp³-hybridized carbons (Fsp3) is 0.304. The van der Waals surface area contributed by atoms with Gasteiger partial charge in [-0.15, -0.1) is 0 Å². The van der Waals surface area contributed by atoms with E-state index in [4.69, 9.17) is 21.4 Å². The van der Waals surface area contributed by atoms with Crippen molar-refractivity contribution in [3.63, 3.8) is 0 Å². The Kier molecular flexibility index (Phi) is 6.79. The van der Waals surface area contributed by atoms with Crippen LogP contribution in [0.15, 0.2) is 63.1 Å². The topological polar surface area (TPSA) is 119 Å². The first-order valence-corrected chi connectivity index (χ1v) is 10.9. The van der Waals surface area contributed by atoms with Gasteiger partial charge < -0.3 is 9.84 Å². The minimum atomic E-state index is -1.11. The maximum Gasteiger partial charge on any atom is 0.335 e. The third kappa shape index (κ3) is 6.01. The Balaban J connectivity index is 1.71. The summed E-state index contributed by atoms with van der Waals surface area (Å²) < 4.78 is 7.89. The monoisotopic (exact) mass is 470 g/mol. The van der Waals surface area contributed by atoms with Crippen LogP contribution < -0.4 is 21.7 Å². The molecule has 1 heterocycles. The van der Waals surface area contributed by atoms with Crippen molar-refractivity contribution in [2.45, 2.75) is 32.4 Å². The summed E-state index contributed by atoms with van der Waals surface area (Å²) in [5, 5.41) is 9.51. The summed E-state index contributed by atoms with van der Waals surface area (Å²) >= 11 is 5.95. The van der Waals surface area contributed by atoms with E-state index in [1.54, 1.807) is 48.5 Å². The van der Waals surface area contributed by atoms with Crippen molar-refractivity contribution in [2.24, 2.45) is 10.9 Å². The lowest BCUT2D eigenvalue weighted by Gasteiger charge is -2.11. The van der Waals surface area contributed by atoms with Crippen LogP contribution in [0.1, 0.15) is 24.8 Å². The molecule has 1 aliphatic rings. The summed E-state index contributed by atoms with van der Waals surface area (Å²) in [6.07, 6.45) is 2.04. The molecule has 0 bridgehead atoms. The molecule has 4 rings (SSSR count). The molecule has 1 saturated carbocycles. The number of hydrogen-bond donors (Lipinski definition) is 2. The number of hydrogen-bond acceptors (Lipinski definition) is 5. The fourth-order valence-electron chi connectivity index (χ4n) is 3.20. The van der Waals surface area contributed by atoms with Crippen molar-refractivity contribution in [3.05, 3.63) is 85.7 Å². The number of carbonyl (C=O) groups is 1. The molecule has 9 nitrogen and oxygen atoms in total. The highest BCUT2D eigenvalue weighted by Crippen LogP contribution is 2.29. The number of nitrogens with zero attached hydrogens (tertiary/aromatic N) is 3. The lowest BCUT2D eigenvalue weighted by Crippen LogP contribution is -2.50. The summed E-state index contributed by atoms with van der Waals surface area (Å²) in [6.45, 7) is 0.554. The number of nitrogens with one attached hydrogen (secondary N) is 1. The van der Waals surface area contributed by atoms with Crippen LogP contribution in [-0.2, 0) is 17.9 Å². The zero-order valence-corrected chi connectivity index (χ0v) is 18.5. The van der Waals surface area contributed by atoms with Crippen LogP contribution in [0.5, 0.6) is 5.75 Å². The van der Waals surface area contributed by atoms with Crippen LogP contribution >= 0.6 is 11.6 Å². The predicted molar refractivity (Wildman–Crippen MR) is 122 cm³/mol. The van der Waals surface area contributed by atoms with Gasteiger partial charge in [0, 0.05) is 11.6 Å². The van der Waals surface area contributed by atoms with Gasteiger partial charge in [-0.2, -0.15) is 0 Å². The molecule has 0 spiro atoms. The number of aliphatic carboxylic acids is 1. The standard InChI is InChI=1S/C23H23ClN4O5/c24-17-5-3-15(4-6-17)13-28-21(26-22(31)27(23(28)32)12-11-20(29)30)25-18-7-9-19(10-8-18)33-14-16-1-2-16/h3-10,16H,1-2,11-14H2,(H,29,30)(H,25,26,31). The largest absolute Gasteiger partial charge is 0.493 e. The van der Waals surface area contributed by atoms with Crippen LogP contribution in [0.25, 0.3) is 0 Å². The molecule has 2 N–H and O–H groups in total. The Morgan fingerprint density at radius 3 is 2.42 bits per heavy atom. The van der Waals surface area contributed by atoms with Crippen molar-refractivity contribution >= 4 is 23.3 Å². The maximum atomic E-state index is 13.1. The van der Waals surface area contributed by atoms with Gasteiger partial charge in [0.2, 0.25) is 5.62 Å². The lowest BCUT2D eigenvalue weighted by molar-refractivity contribution is -0.137. The van der Waals surface area contributed by atoms with Gasteiger partial charge in [0.15, 0.2) is 0 Å². The van der Waals surface area contributed by atoms with Gasteiger partial charge in [-0.25, -0.2) is 19.1 Å². The van der Waals surface area contributed by atoms with E-state index >= 15 is 0 Å². The number of aromatic amines is 1. The number of aromatic nitrogens is 3. The number of H-pyrrole nitrogens is 1. The molecule has 33 heavy (non-hydrogen) atoms. The first-order valence-electron chi connectivity index (χ1n) is 10.6. The van der Waals surface area contributed by atoms with E-state index in [0.717, 1.165) is 15.9 Å². The molecule has 0 radical (unpaired) electrons. The Morgan fingerprint density at radius 2 is 1.79 bits per heavy atom. The summed E-state index contributed by atoms with van der Waals surface area (Å²) in [5.41, 5.74) is -0.0384. The smallest absolute Gasteiger partial charge is 0.335 e. The Labute approximate surface area is 193 Å². The molecule has 3 aromatic rings. The predicted octanol–water partition coefficient (Wildman–Crippen LogP) is 2.54. The third-order valence-electron chi connectivity index (χ3n) is 5.24. The van der Waals surface area contributed by atoms with Gasteiger partial charge in [-0.3, -0.25) is 14.3 Å². The highest BCUT2D eigenvalue weighted by atomic mass is 35.5. The Hall–Kier alpha value is -3.59. The lowest BCUT2D eigenvalue weighted by atomic mass is 10.2. The molecule has 0 amide bonds. The molecule has 2 aromatic carbocycles. The van der Waals surface area contributed by atoms with Gasteiger partial charge in [0.25, 0.3) is 0 Å². The van der Waals surface area contributed by atoms with E-state index in [1.807, 2.05) is 0 Å². The van der Waals surface area contributed by atoms with Crippen molar-refractivity contribution in [2.75, 3.05) is 6.61 Å². The minimum Gasteiger partial charge on any atom is -0.493 e. The fourth-order valence-corrected chi connectivity index (χ4v) is 3.33. The molecule has 1 fully saturated rings. The normalized spacial score (nSPS) is 13.8. The van der Waals surface area contributed by atoms with Crippen molar-refractivity contribution in [1.82, 2.24) is 14.1 Å². The van der Waals surface area contributed by atoms with Crippen molar-refractivity contribution in [3.8, 4) is 5.75 Å². The van der Waals surface area contributed by atoms with Crippen molar-refractivity contribution in [1.29, 1.82) is 0 Å². The molecule has 1 aliphatic carbocycles. The van der Waals surface area contributed by atoms with E-state index in [-0.39, 0.29) is 25.1 Å². The molecular formula is C23H23ClN4O5. The van der Waals surface area contributed by atoms with E-state index in [9.17, 15) is 14.4 Å². The average Bonchev–Trinajstić information content (AvgIpc) is 3.61. The van der Waals surface area contributed by atoms with Crippen LogP contribution in [0.4, 0.5) is 5.69 Å². The van der Waals surface area contributed by atoms with Crippen LogP contribution in [0.3, 0.4) is 0 Å². The van der Waals surface area contributed by atoms with E-state index in [1.165, 1.54) is 17.4 Å². The van der Waals surface area contributed by atoms with E-state index < -0.39 is 17.3 Å². The van der Waals surface area contributed by atoms with Crippen LogP contribution in [0, 0.1) is 5.92 Å². The van der Waals surface area contributed by atoms with Crippen LogP contribution in [-0.4, -0.2) is 31.8 Å². The second-order valence-electron chi connectivity index (χ2n) is 7.90.